The van der Waals surface area contributed by atoms with E-state index in [9.17, 15) is 14.9 Å². The van der Waals surface area contributed by atoms with Crippen molar-refractivity contribution in [2.75, 3.05) is 13.1 Å². The molecule has 0 spiro atoms. The fraction of sp³-hybridized carbons (Fsp3) is 0.250. The molecule has 0 saturated carbocycles. The number of nitrogens with one attached hydrogen (secondary N) is 1. The van der Waals surface area contributed by atoms with E-state index in [0.717, 1.165) is 5.56 Å². The number of nitro groups is 1. The summed E-state index contributed by atoms with van der Waals surface area (Å²) in [5, 5.41) is 11.9. The molecule has 1 saturated heterocycles. The van der Waals surface area contributed by atoms with Gasteiger partial charge in [-0.3, -0.25) is 14.9 Å². The Balaban J connectivity index is 1.63. The van der Waals surface area contributed by atoms with Gasteiger partial charge in [-0.15, -0.1) is 0 Å². The number of carbonyl (C=O) groups excluding carboxylic acids is 1. The molecule has 1 N–H and O–H groups in total. The van der Waals surface area contributed by atoms with Gasteiger partial charge >= 0.3 is 0 Å². The number of amides is 1. The van der Waals surface area contributed by atoms with Gasteiger partial charge in [0.1, 0.15) is 17.3 Å². The third-order valence-electron chi connectivity index (χ3n) is 4.78. The fourth-order valence-electron chi connectivity index (χ4n) is 3.55. The van der Waals surface area contributed by atoms with Gasteiger partial charge in [-0.25, -0.2) is 0 Å². The molecule has 2 heterocycles. The molecule has 138 valence electrons. The molecule has 1 amide bonds. The van der Waals surface area contributed by atoms with Crippen molar-refractivity contribution in [2.45, 2.75) is 19.1 Å². The summed E-state index contributed by atoms with van der Waals surface area (Å²) >= 11 is 0. The Morgan fingerprint density at radius 2 is 1.96 bits per heavy atom. The molecule has 7 nitrogen and oxygen atoms in total. The second-order valence-electron chi connectivity index (χ2n) is 6.74. The maximum Gasteiger partial charge on any atom is 0.293 e. The van der Waals surface area contributed by atoms with Gasteiger partial charge in [0.2, 0.25) is 0 Å². The zero-order valence-corrected chi connectivity index (χ0v) is 14.8. The summed E-state index contributed by atoms with van der Waals surface area (Å²) in [6.07, 6.45) is -0.302. The fourth-order valence-corrected chi connectivity index (χ4v) is 3.55. The van der Waals surface area contributed by atoms with Gasteiger partial charge < -0.3 is 14.6 Å². The van der Waals surface area contributed by atoms with Crippen LogP contribution in [0.15, 0.2) is 54.6 Å². The van der Waals surface area contributed by atoms with Crippen LogP contribution in [0.2, 0.25) is 0 Å². The molecule has 0 aliphatic carbocycles. The Hall–Kier alpha value is -3.19. The largest absolute Gasteiger partial charge is 0.367 e. The maximum absolute atomic E-state index is 13.0. The number of benzene rings is 2. The average molecular weight is 365 g/mol. The highest BCUT2D eigenvalue weighted by atomic mass is 16.6. The maximum atomic E-state index is 13.0. The molecule has 0 unspecified atom stereocenters. The second kappa shape index (κ2) is 6.85. The molecule has 1 aliphatic rings. The Morgan fingerprint density at radius 3 is 2.70 bits per heavy atom. The van der Waals surface area contributed by atoms with E-state index in [1.54, 1.807) is 23.1 Å². The molecule has 4 rings (SSSR count). The molecule has 0 radical (unpaired) electrons. The topological polar surface area (TPSA) is 88.5 Å². The molecule has 2 aromatic carbocycles. The number of aromatic amines is 1. The van der Waals surface area contributed by atoms with Crippen molar-refractivity contribution in [3.05, 3.63) is 76.0 Å². The predicted molar refractivity (Wildman–Crippen MR) is 101 cm³/mol. The number of carbonyl (C=O) groups is 1. The quantitative estimate of drug-likeness (QED) is 0.566. The van der Waals surface area contributed by atoms with Crippen LogP contribution in [-0.4, -0.2) is 39.9 Å². The molecule has 2 atom stereocenters. The highest BCUT2D eigenvalue weighted by Crippen LogP contribution is 2.28. The smallest absolute Gasteiger partial charge is 0.293 e. The Kier molecular flexibility index (Phi) is 4.37. The number of aromatic nitrogens is 1. The summed E-state index contributed by atoms with van der Waals surface area (Å²) in [6.45, 7) is 2.84. The summed E-state index contributed by atoms with van der Waals surface area (Å²) in [6, 6.07) is 16.3. The zero-order valence-electron chi connectivity index (χ0n) is 14.8. The number of para-hydroxylation sites is 1. The van der Waals surface area contributed by atoms with E-state index in [4.69, 9.17) is 4.74 Å². The van der Waals surface area contributed by atoms with Crippen molar-refractivity contribution < 1.29 is 14.5 Å². The van der Waals surface area contributed by atoms with Crippen LogP contribution in [0.3, 0.4) is 0 Å². The molecule has 1 aliphatic heterocycles. The van der Waals surface area contributed by atoms with Gasteiger partial charge in [-0.1, -0.05) is 42.5 Å². The van der Waals surface area contributed by atoms with E-state index >= 15 is 0 Å². The van der Waals surface area contributed by atoms with Crippen LogP contribution in [0, 0.1) is 10.1 Å². The lowest BCUT2D eigenvalue weighted by atomic mass is 10.1. The van der Waals surface area contributed by atoms with E-state index in [0.29, 0.717) is 29.7 Å². The standard InChI is InChI=1S/C20H19N3O4/c1-13-11-22(12-18(27-13)14-6-3-2-4-7-14)20(24)16-10-15-8-5-9-17(23(25)26)19(15)21-16/h2-10,13,18,21H,11-12H2,1H3/t13-,18-/m1/s1. The third-order valence-corrected chi connectivity index (χ3v) is 4.78. The van der Waals surface area contributed by atoms with Crippen LogP contribution >= 0.6 is 0 Å². The number of hydrogen-bond acceptors (Lipinski definition) is 4. The van der Waals surface area contributed by atoms with Crippen LogP contribution in [0.1, 0.15) is 29.1 Å². The number of nitro benzene ring substituents is 1. The zero-order chi connectivity index (χ0) is 19.0. The first-order valence-corrected chi connectivity index (χ1v) is 8.78. The van der Waals surface area contributed by atoms with Gasteiger partial charge in [0.15, 0.2) is 0 Å². The monoisotopic (exact) mass is 365 g/mol. The summed E-state index contributed by atoms with van der Waals surface area (Å²) in [7, 11) is 0. The van der Waals surface area contributed by atoms with Crippen LogP contribution in [0.5, 0.6) is 0 Å². The predicted octanol–water partition coefficient (Wildman–Crippen LogP) is 3.68. The van der Waals surface area contributed by atoms with Crippen LogP contribution in [-0.2, 0) is 4.74 Å². The first kappa shape index (κ1) is 17.2. The van der Waals surface area contributed by atoms with Gasteiger partial charge in [0, 0.05) is 18.0 Å². The molecular formula is C20H19N3O4. The Labute approximate surface area is 155 Å². The van der Waals surface area contributed by atoms with Crippen molar-refractivity contribution in [3.8, 4) is 0 Å². The van der Waals surface area contributed by atoms with Crippen molar-refractivity contribution in [1.29, 1.82) is 0 Å². The van der Waals surface area contributed by atoms with Crippen LogP contribution < -0.4 is 0 Å². The molecule has 0 bridgehead atoms. The van der Waals surface area contributed by atoms with E-state index in [2.05, 4.69) is 4.98 Å². The summed E-state index contributed by atoms with van der Waals surface area (Å²) in [5.74, 6) is -0.184. The number of fused-ring (bicyclic) bond motifs is 1. The van der Waals surface area contributed by atoms with E-state index < -0.39 is 4.92 Å². The number of hydrogen-bond donors (Lipinski definition) is 1. The number of morpholine rings is 1. The van der Waals surface area contributed by atoms with E-state index in [1.807, 2.05) is 37.3 Å². The highest BCUT2D eigenvalue weighted by molar-refractivity contribution is 6.00. The van der Waals surface area contributed by atoms with E-state index in [1.165, 1.54) is 6.07 Å². The lowest BCUT2D eigenvalue weighted by molar-refractivity contribution is -0.383. The average Bonchev–Trinajstić information content (AvgIpc) is 3.11. The van der Waals surface area contributed by atoms with Crippen LogP contribution in [0.25, 0.3) is 10.9 Å². The molecule has 3 aromatic rings. The number of rotatable bonds is 3. The second-order valence-corrected chi connectivity index (χ2v) is 6.74. The SMILES string of the molecule is C[C@@H]1CN(C(=O)c2cc3cccc([N+](=O)[O-])c3[nH]2)C[C@H](c2ccccc2)O1. The van der Waals surface area contributed by atoms with Gasteiger partial charge in [-0.2, -0.15) is 0 Å². The molecule has 27 heavy (non-hydrogen) atoms. The summed E-state index contributed by atoms with van der Waals surface area (Å²) < 4.78 is 6.00. The first-order valence-electron chi connectivity index (χ1n) is 8.78. The number of ether oxygens (including phenoxy) is 1. The van der Waals surface area contributed by atoms with Crippen molar-refractivity contribution >= 4 is 22.5 Å². The normalized spacial score (nSPS) is 20.0. The minimum absolute atomic E-state index is 0.0379. The van der Waals surface area contributed by atoms with Gasteiger partial charge in [0.25, 0.3) is 11.6 Å². The van der Waals surface area contributed by atoms with Crippen molar-refractivity contribution in [1.82, 2.24) is 9.88 Å². The Morgan fingerprint density at radius 1 is 1.19 bits per heavy atom. The lowest BCUT2D eigenvalue weighted by Gasteiger charge is -2.36. The highest BCUT2D eigenvalue weighted by Gasteiger charge is 2.31. The van der Waals surface area contributed by atoms with Crippen molar-refractivity contribution in [2.24, 2.45) is 0 Å². The molecule has 7 heteroatoms. The number of non-ortho nitro benzene ring substituents is 1. The summed E-state index contributed by atoms with van der Waals surface area (Å²) in [5.41, 5.74) is 1.70. The molecule has 1 aromatic heterocycles. The van der Waals surface area contributed by atoms with Crippen molar-refractivity contribution in [3.63, 3.8) is 0 Å². The third kappa shape index (κ3) is 3.29. The minimum Gasteiger partial charge on any atom is -0.367 e. The first-order chi connectivity index (χ1) is 13.0. The van der Waals surface area contributed by atoms with Gasteiger partial charge in [-0.05, 0) is 18.6 Å². The lowest BCUT2D eigenvalue weighted by Crippen LogP contribution is -2.46. The summed E-state index contributed by atoms with van der Waals surface area (Å²) in [4.78, 5) is 28.5. The van der Waals surface area contributed by atoms with Gasteiger partial charge in [0.05, 0.1) is 17.6 Å². The number of nitrogens with zero attached hydrogens (tertiary/aromatic N) is 2. The minimum atomic E-state index is -0.449. The number of H-pyrrole nitrogens is 1. The van der Waals surface area contributed by atoms with E-state index in [-0.39, 0.29) is 23.8 Å². The van der Waals surface area contributed by atoms with Crippen LogP contribution in [0.4, 0.5) is 5.69 Å². The molecule has 1 fully saturated rings. The Bertz CT molecular complexity index is 999. The molecular weight excluding hydrogens is 346 g/mol.